The Bertz CT molecular complexity index is 1010. The predicted molar refractivity (Wildman–Crippen MR) is 112 cm³/mol. The van der Waals surface area contributed by atoms with Crippen molar-refractivity contribution in [3.05, 3.63) is 35.4 Å². The molecule has 0 unspecified atom stereocenters. The van der Waals surface area contributed by atoms with Gasteiger partial charge in [-0.15, -0.1) is 0 Å². The number of carbonyl (C=O) groups excluding carboxylic acids is 1. The number of piperidine rings is 1. The molecule has 0 spiro atoms. The van der Waals surface area contributed by atoms with E-state index in [0.29, 0.717) is 24.8 Å². The number of nitrogens with two attached hydrogens (primary N) is 1. The molecular weight excluding hydrogens is 366 g/mol. The molecular formula is C21H29N7O. The smallest absolute Gasteiger partial charge is 0.223 e. The van der Waals surface area contributed by atoms with Gasteiger partial charge in [-0.05, 0) is 37.3 Å². The highest BCUT2D eigenvalue weighted by atomic mass is 16.2. The number of nitrogens with one attached hydrogen (secondary N) is 1. The largest absolute Gasteiger partial charge is 0.343 e. The van der Waals surface area contributed by atoms with E-state index in [1.165, 1.54) is 5.56 Å². The SMILES string of the molecule is Cc1cc(-c2[nH]nc(C3CCN(C(=O)CCN)CC3)c2C(C)C)cn2ncnc12. The predicted octanol–water partition coefficient (Wildman–Crippen LogP) is 2.61. The highest BCUT2D eigenvalue weighted by Crippen LogP contribution is 2.37. The summed E-state index contributed by atoms with van der Waals surface area (Å²) in [4.78, 5) is 18.4. The van der Waals surface area contributed by atoms with E-state index in [0.717, 1.165) is 54.1 Å². The molecule has 0 saturated carbocycles. The third kappa shape index (κ3) is 3.64. The van der Waals surface area contributed by atoms with Crippen molar-refractivity contribution in [3.63, 3.8) is 0 Å². The number of H-pyrrole nitrogens is 1. The number of aromatic nitrogens is 5. The zero-order valence-electron chi connectivity index (χ0n) is 17.4. The standard InChI is InChI=1S/C21H29N7O/c1-13(2)18-19(15-5-8-27(9-6-15)17(29)4-7-22)25-26-20(18)16-10-14(3)21-23-12-24-28(21)11-16/h10-13,15H,4-9,22H2,1-3H3,(H,25,26). The first-order valence-corrected chi connectivity index (χ1v) is 10.4. The van der Waals surface area contributed by atoms with Crippen LogP contribution in [0.3, 0.4) is 0 Å². The monoisotopic (exact) mass is 395 g/mol. The van der Waals surface area contributed by atoms with Gasteiger partial charge in [0.25, 0.3) is 0 Å². The van der Waals surface area contributed by atoms with Crippen molar-refractivity contribution in [1.82, 2.24) is 29.7 Å². The molecule has 0 aromatic carbocycles. The number of aromatic amines is 1. The number of pyridine rings is 1. The van der Waals surface area contributed by atoms with Crippen LogP contribution in [-0.4, -0.2) is 55.2 Å². The number of hydrogen-bond donors (Lipinski definition) is 2. The summed E-state index contributed by atoms with van der Waals surface area (Å²) in [6.45, 7) is 8.42. The van der Waals surface area contributed by atoms with E-state index in [-0.39, 0.29) is 5.91 Å². The van der Waals surface area contributed by atoms with Gasteiger partial charge in [0, 0.05) is 49.3 Å². The molecule has 3 aromatic rings. The third-order valence-corrected chi connectivity index (χ3v) is 5.85. The van der Waals surface area contributed by atoms with Crippen LogP contribution in [0.4, 0.5) is 0 Å². The zero-order chi connectivity index (χ0) is 20.5. The number of fused-ring (bicyclic) bond motifs is 1. The lowest BCUT2D eigenvalue weighted by Crippen LogP contribution is -2.38. The van der Waals surface area contributed by atoms with Crippen molar-refractivity contribution < 1.29 is 4.79 Å². The maximum atomic E-state index is 12.1. The van der Waals surface area contributed by atoms with Gasteiger partial charge in [0.2, 0.25) is 5.91 Å². The summed E-state index contributed by atoms with van der Waals surface area (Å²) < 4.78 is 1.82. The summed E-state index contributed by atoms with van der Waals surface area (Å²) in [5.41, 5.74) is 12.0. The molecule has 29 heavy (non-hydrogen) atoms. The molecule has 1 aliphatic rings. The number of carbonyl (C=O) groups is 1. The van der Waals surface area contributed by atoms with E-state index in [1.807, 2.05) is 22.5 Å². The maximum Gasteiger partial charge on any atom is 0.223 e. The minimum absolute atomic E-state index is 0.161. The Labute approximate surface area is 170 Å². The van der Waals surface area contributed by atoms with E-state index in [1.54, 1.807) is 6.33 Å². The second-order valence-corrected chi connectivity index (χ2v) is 8.19. The normalized spacial score (nSPS) is 15.6. The second kappa shape index (κ2) is 7.94. The minimum Gasteiger partial charge on any atom is -0.343 e. The molecule has 0 aliphatic carbocycles. The van der Waals surface area contributed by atoms with Crippen LogP contribution in [0, 0.1) is 6.92 Å². The fourth-order valence-electron chi connectivity index (χ4n) is 4.39. The molecule has 1 fully saturated rings. The molecule has 0 atom stereocenters. The molecule has 4 heterocycles. The van der Waals surface area contributed by atoms with Crippen molar-refractivity contribution in [1.29, 1.82) is 0 Å². The summed E-state index contributed by atoms with van der Waals surface area (Å²) in [7, 11) is 0. The van der Waals surface area contributed by atoms with Gasteiger partial charge in [0.05, 0.1) is 11.4 Å². The van der Waals surface area contributed by atoms with Crippen molar-refractivity contribution in [3.8, 4) is 11.3 Å². The first kappa shape index (κ1) is 19.6. The Morgan fingerprint density at radius 1 is 1.34 bits per heavy atom. The summed E-state index contributed by atoms with van der Waals surface area (Å²) >= 11 is 0. The molecule has 8 heteroatoms. The van der Waals surface area contributed by atoms with E-state index in [4.69, 9.17) is 10.8 Å². The average molecular weight is 396 g/mol. The third-order valence-electron chi connectivity index (χ3n) is 5.85. The van der Waals surface area contributed by atoms with E-state index in [9.17, 15) is 4.79 Å². The number of rotatable bonds is 5. The molecule has 154 valence electrons. The number of aryl methyl sites for hydroxylation is 1. The van der Waals surface area contributed by atoms with Crippen LogP contribution in [0.5, 0.6) is 0 Å². The minimum atomic E-state index is 0.161. The van der Waals surface area contributed by atoms with Crippen LogP contribution >= 0.6 is 0 Å². The number of amides is 1. The van der Waals surface area contributed by atoms with Gasteiger partial charge in [-0.1, -0.05) is 13.8 Å². The number of likely N-dealkylation sites (tertiary alicyclic amines) is 1. The zero-order valence-corrected chi connectivity index (χ0v) is 17.4. The first-order valence-electron chi connectivity index (χ1n) is 10.4. The first-order chi connectivity index (χ1) is 14.0. The molecule has 1 aliphatic heterocycles. The molecule has 3 N–H and O–H groups in total. The van der Waals surface area contributed by atoms with Crippen LogP contribution in [0.2, 0.25) is 0 Å². The Balaban J connectivity index is 1.63. The van der Waals surface area contributed by atoms with Crippen molar-refractivity contribution in [2.45, 2.75) is 51.9 Å². The molecule has 0 radical (unpaired) electrons. The lowest BCUT2D eigenvalue weighted by Gasteiger charge is -2.32. The highest BCUT2D eigenvalue weighted by molar-refractivity contribution is 5.76. The fourth-order valence-corrected chi connectivity index (χ4v) is 4.39. The molecule has 8 nitrogen and oxygen atoms in total. The number of nitrogens with zero attached hydrogens (tertiary/aromatic N) is 5. The van der Waals surface area contributed by atoms with Crippen molar-refractivity contribution in [2.75, 3.05) is 19.6 Å². The molecule has 1 amide bonds. The van der Waals surface area contributed by atoms with Gasteiger partial charge >= 0.3 is 0 Å². The summed E-state index contributed by atoms with van der Waals surface area (Å²) in [6.07, 6.45) is 5.88. The molecule has 0 bridgehead atoms. The molecule has 1 saturated heterocycles. The van der Waals surface area contributed by atoms with Crippen LogP contribution in [0.25, 0.3) is 16.9 Å². The highest BCUT2D eigenvalue weighted by Gasteiger charge is 2.29. The lowest BCUT2D eigenvalue weighted by molar-refractivity contribution is -0.132. The topological polar surface area (TPSA) is 105 Å². The van der Waals surface area contributed by atoms with Gasteiger partial charge in [-0.25, -0.2) is 9.50 Å². The van der Waals surface area contributed by atoms with E-state index < -0.39 is 0 Å². The van der Waals surface area contributed by atoms with Crippen LogP contribution < -0.4 is 5.73 Å². The quantitative estimate of drug-likeness (QED) is 0.691. The lowest BCUT2D eigenvalue weighted by atomic mass is 9.86. The average Bonchev–Trinajstić information content (AvgIpc) is 3.35. The van der Waals surface area contributed by atoms with Crippen LogP contribution in [0.1, 0.15) is 61.8 Å². The Morgan fingerprint density at radius 3 is 2.79 bits per heavy atom. The maximum absolute atomic E-state index is 12.1. The number of hydrogen-bond acceptors (Lipinski definition) is 5. The fraction of sp³-hybridized carbons (Fsp3) is 0.524. The van der Waals surface area contributed by atoms with Crippen molar-refractivity contribution >= 4 is 11.6 Å². The Morgan fingerprint density at radius 2 is 2.10 bits per heavy atom. The van der Waals surface area contributed by atoms with E-state index >= 15 is 0 Å². The molecule has 3 aromatic heterocycles. The van der Waals surface area contributed by atoms with Gasteiger partial charge in [-0.3, -0.25) is 9.89 Å². The van der Waals surface area contributed by atoms with Gasteiger partial charge in [0.15, 0.2) is 5.65 Å². The van der Waals surface area contributed by atoms with Crippen LogP contribution in [-0.2, 0) is 4.79 Å². The Kier molecular flexibility index (Phi) is 5.36. The van der Waals surface area contributed by atoms with Gasteiger partial charge < -0.3 is 10.6 Å². The second-order valence-electron chi connectivity index (χ2n) is 8.19. The summed E-state index contributed by atoms with van der Waals surface area (Å²) in [6, 6.07) is 2.14. The molecule has 4 rings (SSSR count). The van der Waals surface area contributed by atoms with Crippen molar-refractivity contribution in [2.24, 2.45) is 5.73 Å². The van der Waals surface area contributed by atoms with Crippen LogP contribution in [0.15, 0.2) is 18.6 Å². The summed E-state index contributed by atoms with van der Waals surface area (Å²) in [5.74, 6) is 0.854. The van der Waals surface area contributed by atoms with Gasteiger partial charge in [-0.2, -0.15) is 10.2 Å². The van der Waals surface area contributed by atoms with E-state index in [2.05, 4.69) is 35.1 Å². The van der Waals surface area contributed by atoms with Gasteiger partial charge in [0.1, 0.15) is 6.33 Å². The Hall–Kier alpha value is -2.74. The summed E-state index contributed by atoms with van der Waals surface area (Å²) in [5, 5.41) is 12.3.